The Morgan fingerprint density at radius 2 is 1.96 bits per heavy atom. The lowest BCUT2D eigenvalue weighted by atomic mass is 10.1. The summed E-state index contributed by atoms with van der Waals surface area (Å²) >= 11 is 0. The van der Waals surface area contributed by atoms with Gasteiger partial charge in [-0.1, -0.05) is 35.5 Å². The van der Waals surface area contributed by atoms with Crippen molar-refractivity contribution in [2.45, 2.75) is 18.0 Å². The highest BCUT2D eigenvalue weighted by Gasteiger charge is 2.24. The van der Waals surface area contributed by atoms with Crippen molar-refractivity contribution in [3.63, 3.8) is 0 Å². The van der Waals surface area contributed by atoms with E-state index in [0.717, 1.165) is 11.1 Å². The first-order valence-electron chi connectivity index (χ1n) is 7.38. The largest absolute Gasteiger partial charge is 0.488 e. The monoisotopic (exact) mass is 342 g/mol. The quantitative estimate of drug-likeness (QED) is 0.788. The standard InChI is InChI=1S/C17H14N2O4S/c20-24(21,19-9-12-4-2-1-3-5-12)14-6-7-16-15(8-14)17-13(11-22-16)10-18-23-17/h1-8,10,19H,9,11H2. The predicted octanol–water partition coefficient (Wildman–Crippen LogP) is 2.71. The molecule has 0 radical (unpaired) electrons. The number of hydrogen-bond acceptors (Lipinski definition) is 5. The maximum Gasteiger partial charge on any atom is 0.240 e. The van der Waals surface area contributed by atoms with Gasteiger partial charge in [0.1, 0.15) is 12.4 Å². The number of hydrogen-bond donors (Lipinski definition) is 1. The number of nitrogens with one attached hydrogen (secondary N) is 1. The van der Waals surface area contributed by atoms with Crippen LogP contribution in [0.15, 0.2) is 64.1 Å². The van der Waals surface area contributed by atoms with E-state index in [0.29, 0.717) is 23.7 Å². The van der Waals surface area contributed by atoms with Gasteiger partial charge in [0, 0.05) is 6.54 Å². The third kappa shape index (κ3) is 2.68. The predicted molar refractivity (Wildman–Crippen MR) is 86.7 cm³/mol. The Morgan fingerprint density at radius 1 is 1.12 bits per heavy atom. The van der Waals surface area contributed by atoms with Crippen molar-refractivity contribution in [1.29, 1.82) is 0 Å². The van der Waals surface area contributed by atoms with Gasteiger partial charge >= 0.3 is 0 Å². The van der Waals surface area contributed by atoms with Crippen molar-refractivity contribution in [1.82, 2.24) is 9.88 Å². The van der Waals surface area contributed by atoms with Crippen molar-refractivity contribution < 1.29 is 17.7 Å². The first-order valence-corrected chi connectivity index (χ1v) is 8.86. The fourth-order valence-corrected chi connectivity index (χ4v) is 3.62. The summed E-state index contributed by atoms with van der Waals surface area (Å²) in [4.78, 5) is 0.157. The molecule has 2 aromatic carbocycles. The Labute approximate surface area is 139 Å². The number of ether oxygens (including phenoxy) is 1. The van der Waals surface area contributed by atoms with Crippen molar-refractivity contribution in [3.8, 4) is 17.1 Å². The fraction of sp³-hybridized carbons (Fsp3) is 0.118. The second-order valence-electron chi connectivity index (χ2n) is 5.44. The Kier molecular flexibility index (Phi) is 3.59. The molecule has 0 aliphatic carbocycles. The average Bonchev–Trinajstić information content (AvgIpc) is 3.10. The summed E-state index contributed by atoms with van der Waals surface area (Å²) in [5.74, 6) is 1.14. The number of aromatic nitrogens is 1. The zero-order chi connectivity index (χ0) is 16.6. The Bertz CT molecular complexity index is 981. The lowest BCUT2D eigenvalue weighted by Crippen LogP contribution is -2.23. The van der Waals surface area contributed by atoms with Crippen LogP contribution in [0, 0.1) is 0 Å². The summed E-state index contributed by atoms with van der Waals surface area (Å²) in [5, 5.41) is 3.75. The van der Waals surface area contributed by atoms with Gasteiger partial charge in [-0.25, -0.2) is 13.1 Å². The molecule has 24 heavy (non-hydrogen) atoms. The van der Waals surface area contributed by atoms with Gasteiger partial charge in [0.15, 0.2) is 5.76 Å². The maximum atomic E-state index is 12.5. The van der Waals surface area contributed by atoms with Gasteiger partial charge in [0.25, 0.3) is 0 Å². The fourth-order valence-electron chi connectivity index (χ4n) is 2.58. The number of rotatable bonds is 4. The minimum atomic E-state index is -3.65. The van der Waals surface area contributed by atoms with Crippen molar-refractivity contribution >= 4 is 10.0 Å². The molecule has 7 heteroatoms. The molecule has 122 valence electrons. The SMILES string of the molecule is O=S(=O)(NCc1ccccc1)c1ccc2c(c1)-c1oncc1CO2. The van der Waals surface area contributed by atoms with Crippen LogP contribution in [0.1, 0.15) is 11.1 Å². The van der Waals surface area contributed by atoms with Crippen LogP contribution in [-0.2, 0) is 23.2 Å². The van der Waals surface area contributed by atoms with Crippen LogP contribution >= 0.6 is 0 Å². The van der Waals surface area contributed by atoms with E-state index in [9.17, 15) is 8.42 Å². The lowest BCUT2D eigenvalue weighted by molar-refractivity contribution is 0.297. The van der Waals surface area contributed by atoms with E-state index in [1.807, 2.05) is 30.3 Å². The van der Waals surface area contributed by atoms with Crippen molar-refractivity contribution in [2.24, 2.45) is 0 Å². The second-order valence-corrected chi connectivity index (χ2v) is 7.20. The van der Waals surface area contributed by atoms with Crippen molar-refractivity contribution in [3.05, 3.63) is 65.9 Å². The molecule has 0 saturated heterocycles. The van der Waals surface area contributed by atoms with E-state index in [4.69, 9.17) is 9.26 Å². The van der Waals surface area contributed by atoms with Gasteiger partial charge in [-0.05, 0) is 23.8 Å². The summed E-state index contributed by atoms with van der Waals surface area (Å²) in [5.41, 5.74) is 2.28. The highest BCUT2D eigenvalue weighted by Crippen LogP contribution is 2.38. The van der Waals surface area contributed by atoms with Gasteiger partial charge in [-0.3, -0.25) is 0 Å². The molecule has 0 amide bonds. The van der Waals surface area contributed by atoms with Crippen LogP contribution in [0.25, 0.3) is 11.3 Å². The van der Waals surface area contributed by atoms with E-state index >= 15 is 0 Å². The van der Waals surface area contributed by atoms with Crippen LogP contribution in [-0.4, -0.2) is 13.6 Å². The summed E-state index contributed by atoms with van der Waals surface area (Å²) in [7, 11) is -3.65. The molecular formula is C17H14N2O4S. The smallest absolute Gasteiger partial charge is 0.240 e. The third-order valence-electron chi connectivity index (χ3n) is 3.84. The molecular weight excluding hydrogens is 328 g/mol. The van der Waals surface area contributed by atoms with E-state index in [1.165, 1.54) is 6.07 Å². The zero-order valence-electron chi connectivity index (χ0n) is 12.6. The average molecular weight is 342 g/mol. The molecule has 1 aromatic heterocycles. The number of sulfonamides is 1. The third-order valence-corrected chi connectivity index (χ3v) is 5.24. The first-order chi connectivity index (χ1) is 11.6. The number of fused-ring (bicyclic) bond motifs is 3. The summed E-state index contributed by atoms with van der Waals surface area (Å²) in [6, 6.07) is 14.1. The molecule has 1 aliphatic rings. The van der Waals surface area contributed by atoms with Crippen LogP contribution < -0.4 is 9.46 Å². The van der Waals surface area contributed by atoms with Crippen LogP contribution in [0.5, 0.6) is 5.75 Å². The maximum absolute atomic E-state index is 12.5. The summed E-state index contributed by atoms with van der Waals surface area (Å²) in [6.07, 6.45) is 1.58. The molecule has 3 aromatic rings. The van der Waals surface area contributed by atoms with E-state index in [-0.39, 0.29) is 11.4 Å². The second kappa shape index (κ2) is 5.77. The molecule has 0 spiro atoms. The van der Waals surface area contributed by atoms with Gasteiger partial charge in [0.05, 0.1) is 22.2 Å². The van der Waals surface area contributed by atoms with Gasteiger partial charge in [0.2, 0.25) is 10.0 Å². The topological polar surface area (TPSA) is 81.4 Å². The number of nitrogens with zero attached hydrogens (tertiary/aromatic N) is 1. The molecule has 0 unspecified atom stereocenters. The Hall–Kier alpha value is -2.64. The molecule has 4 rings (SSSR count). The molecule has 1 aliphatic heterocycles. The van der Waals surface area contributed by atoms with Crippen molar-refractivity contribution in [2.75, 3.05) is 0 Å². The van der Waals surface area contributed by atoms with E-state index < -0.39 is 10.0 Å². The van der Waals surface area contributed by atoms with E-state index in [2.05, 4.69) is 9.88 Å². The Morgan fingerprint density at radius 3 is 2.79 bits per heavy atom. The first kappa shape index (κ1) is 14.9. The molecule has 0 fully saturated rings. The zero-order valence-corrected chi connectivity index (χ0v) is 13.4. The molecule has 6 nitrogen and oxygen atoms in total. The Balaban J connectivity index is 1.64. The summed E-state index contributed by atoms with van der Waals surface area (Å²) < 4.78 is 38.5. The molecule has 2 heterocycles. The van der Waals surface area contributed by atoms with Gasteiger partial charge in [-0.15, -0.1) is 0 Å². The highest BCUT2D eigenvalue weighted by molar-refractivity contribution is 7.89. The molecule has 0 bridgehead atoms. The number of benzene rings is 2. The van der Waals surface area contributed by atoms with Crippen LogP contribution in [0.2, 0.25) is 0 Å². The normalized spacial score (nSPS) is 13.0. The van der Waals surface area contributed by atoms with Crippen LogP contribution in [0.3, 0.4) is 0 Å². The minimum absolute atomic E-state index is 0.157. The minimum Gasteiger partial charge on any atom is -0.488 e. The summed E-state index contributed by atoms with van der Waals surface area (Å²) in [6.45, 7) is 0.592. The molecule has 0 saturated carbocycles. The van der Waals surface area contributed by atoms with Gasteiger partial charge in [-0.2, -0.15) is 0 Å². The van der Waals surface area contributed by atoms with Gasteiger partial charge < -0.3 is 9.26 Å². The lowest BCUT2D eigenvalue weighted by Gasteiger charge is -2.16. The molecule has 1 N–H and O–H groups in total. The van der Waals surface area contributed by atoms with Crippen LogP contribution in [0.4, 0.5) is 0 Å². The van der Waals surface area contributed by atoms with E-state index in [1.54, 1.807) is 18.3 Å². The molecule has 0 atom stereocenters. The highest BCUT2D eigenvalue weighted by atomic mass is 32.2.